The Labute approximate surface area is 148 Å². The van der Waals surface area contributed by atoms with E-state index in [4.69, 9.17) is 0 Å². The first-order valence-corrected chi connectivity index (χ1v) is 6.38. The zero-order valence-corrected chi connectivity index (χ0v) is 15.9. The first-order valence-electron chi connectivity index (χ1n) is 6.38. The molecule has 0 saturated carbocycles. The molecule has 0 nitrogen and oxygen atoms in total. The van der Waals surface area contributed by atoms with Crippen LogP contribution >= 0.6 is 0 Å². The second-order valence-corrected chi connectivity index (χ2v) is 4.86. The van der Waals surface area contributed by atoms with Gasteiger partial charge < -0.3 is 24.8 Å². The van der Waals surface area contributed by atoms with Gasteiger partial charge >= 0.3 is 26.2 Å². The fraction of sp³-hybridized carbons (Fsp3) is 0.438. The minimum absolute atomic E-state index is 0. The molecule has 3 heteroatoms. The predicted molar refractivity (Wildman–Crippen MR) is 72.2 cm³/mol. The van der Waals surface area contributed by atoms with E-state index in [-0.39, 0.29) is 51.0 Å². The number of halogens is 2. The maximum absolute atomic E-state index is 2.34. The standard InChI is InChI=1S/C16H21.2ClH.Zr/c1-4-5-6-7-14-9-8-13(3)15-10-12(2)11-16(14)15;;;/h8-11H,4-7H2,1-3H3;2*1H;/q-1;;;+3/p-2. The van der Waals surface area contributed by atoms with Crippen molar-refractivity contribution in [2.24, 2.45) is 0 Å². The van der Waals surface area contributed by atoms with Crippen LogP contribution in [-0.4, -0.2) is 0 Å². The Balaban J connectivity index is 0. The molecule has 0 bridgehead atoms. The van der Waals surface area contributed by atoms with Crippen LogP contribution in [0.5, 0.6) is 0 Å². The number of hydrogen-bond donors (Lipinski definition) is 0. The number of fused-ring (bicyclic) bond motifs is 1. The second-order valence-electron chi connectivity index (χ2n) is 4.86. The molecule has 0 aromatic heterocycles. The van der Waals surface area contributed by atoms with Crippen molar-refractivity contribution < 1.29 is 51.0 Å². The van der Waals surface area contributed by atoms with Crippen LogP contribution in [0.15, 0.2) is 24.3 Å². The Morgan fingerprint density at radius 2 is 1.74 bits per heavy atom. The molecule has 2 aromatic carbocycles. The average molecular weight is 375 g/mol. The summed E-state index contributed by atoms with van der Waals surface area (Å²) in [5.74, 6) is 0. The number of benzene rings is 1. The van der Waals surface area contributed by atoms with E-state index < -0.39 is 0 Å². The van der Waals surface area contributed by atoms with Gasteiger partial charge in [-0.05, 0) is 6.42 Å². The van der Waals surface area contributed by atoms with Gasteiger partial charge in [0.1, 0.15) is 0 Å². The van der Waals surface area contributed by atoms with Crippen molar-refractivity contribution in [2.75, 3.05) is 0 Å². The smallest absolute Gasteiger partial charge is 1.00 e. The molecule has 2 rings (SSSR count). The van der Waals surface area contributed by atoms with E-state index in [2.05, 4.69) is 45.0 Å². The van der Waals surface area contributed by atoms with Gasteiger partial charge in [-0.3, -0.25) is 0 Å². The van der Waals surface area contributed by atoms with Gasteiger partial charge in [0.2, 0.25) is 0 Å². The molecular formula is C16H21Cl2Zr. The minimum Gasteiger partial charge on any atom is -1.00 e. The summed E-state index contributed by atoms with van der Waals surface area (Å²) >= 11 is 0. The van der Waals surface area contributed by atoms with Gasteiger partial charge in [-0.25, -0.2) is 0 Å². The molecule has 19 heavy (non-hydrogen) atoms. The molecule has 0 aliphatic rings. The molecule has 0 unspecified atom stereocenters. The molecule has 0 aliphatic heterocycles. The summed E-state index contributed by atoms with van der Waals surface area (Å²) in [6, 6.07) is 9.23. The van der Waals surface area contributed by atoms with Crippen molar-refractivity contribution in [1.82, 2.24) is 0 Å². The summed E-state index contributed by atoms with van der Waals surface area (Å²) in [6.07, 6.45) is 5.19. The van der Waals surface area contributed by atoms with Gasteiger partial charge in [-0.1, -0.05) is 51.7 Å². The number of unbranched alkanes of at least 4 members (excludes halogenated alkanes) is 2. The Morgan fingerprint density at radius 3 is 2.37 bits per heavy atom. The van der Waals surface area contributed by atoms with Crippen molar-refractivity contribution in [1.29, 1.82) is 0 Å². The van der Waals surface area contributed by atoms with E-state index in [1.54, 1.807) is 0 Å². The molecule has 0 fully saturated rings. The summed E-state index contributed by atoms with van der Waals surface area (Å²) < 4.78 is 0. The quantitative estimate of drug-likeness (QED) is 0.471. The van der Waals surface area contributed by atoms with Gasteiger partial charge in [-0.2, -0.15) is 6.07 Å². The largest absolute Gasteiger partial charge is 3.00 e. The first-order chi connectivity index (χ1) is 7.72. The molecule has 0 atom stereocenters. The van der Waals surface area contributed by atoms with Crippen LogP contribution in [0, 0.1) is 13.8 Å². The van der Waals surface area contributed by atoms with Gasteiger partial charge in [-0.15, -0.1) is 34.0 Å². The third kappa shape index (κ3) is 5.29. The summed E-state index contributed by atoms with van der Waals surface area (Å²) in [7, 11) is 0. The van der Waals surface area contributed by atoms with Crippen LogP contribution in [0.2, 0.25) is 0 Å². The molecule has 0 heterocycles. The summed E-state index contributed by atoms with van der Waals surface area (Å²) in [6.45, 7) is 6.66. The molecule has 0 amide bonds. The molecular weight excluding hydrogens is 354 g/mol. The van der Waals surface area contributed by atoms with Crippen molar-refractivity contribution >= 4 is 10.8 Å². The second kappa shape index (κ2) is 10.1. The van der Waals surface area contributed by atoms with Crippen LogP contribution in [0.25, 0.3) is 10.8 Å². The topological polar surface area (TPSA) is 0 Å². The Morgan fingerprint density at radius 1 is 1.05 bits per heavy atom. The van der Waals surface area contributed by atoms with E-state index in [1.807, 2.05) is 0 Å². The maximum atomic E-state index is 2.34. The Bertz CT molecular complexity index is 489. The zero-order valence-electron chi connectivity index (χ0n) is 11.9. The van der Waals surface area contributed by atoms with Crippen molar-refractivity contribution in [3.63, 3.8) is 0 Å². The maximum Gasteiger partial charge on any atom is 3.00 e. The van der Waals surface area contributed by atoms with E-state index in [0.717, 1.165) is 0 Å². The third-order valence-electron chi connectivity index (χ3n) is 3.39. The van der Waals surface area contributed by atoms with Crippen LogP contribution in [0.1, 0.15) is 42.9 Å². The van der Waals surface area contributed by atoms with E-state index in [9.17, 15) is 0 Å². The van der Waals surface area contributed by atoms with Crippen LogP contribution in [0.3, 0.4) is 0 Å². The Kier molecular flexibility index (Phi) is 11.5. The van der Waals surface area contributed by atoms with Gasteiger partial charge in [0.05, 0.1) is 0 Å². The van der Waals surface area contributed by atoms with Gasteiger partial charge in [0.25, 0.3) is 0 Å². The van der Waals surface area contributed by atoms with Crippen molar-refractivity contribution in [3.8, 4) is 0 Å². The molecule has 0 N–H and O–H groups in total. The Hall–Kier alpha value is 0.293. The number of hydrogen-bond acceptors (Lipinski definition) is 0. The van der Waals surface area contributed by atoms with Gasteiger partial charge in [0.15, 0.2) is 0 Å². The van der Waals surface area contributed by atoms with Crippen LogP contribution in [0.4, 0.5) is 0 Å². The molecule has 0 spiro atoms. The zero-order chi connectivity index (χ0) is 11.5. The molecule has 1 radical (unpaired) electrons. The molecule has 2 aromatic rings. The van der Waals surface area contributed by atoms with Crippen LogP contribution in [-0.2, 0) is 32.6 Å². The van der Waals surface area contributed by atoms with E-state index >= 15 is 0 Å². The molecule has 0 aliphatic carbocycles. The average Bonchev–Trinajstić information content (AvgIpc) is 2.65. The van der Waals surface area contributed by atoms with Gasteiger partial charge in [0, 0.05) is 0 Å². The number of rotatable bonds is 4. The summed E-state index contributed by atoms with van der Waals surface area (Å²) in [5, 5.41) is 2.93. The molecule has 0 saturated heterocycles. The summed E-state index contributed by atoms with van der Waals surface area (Å²) in [4.78, 5) is 0. The fourth-order valence-electron chi connectivity index (χ4n) is 2.43. The summed E-state index contributed by atoms with van der Waals surface area (Å²) in [5.41, 5.74) is 4.32. The first kappa shape index (κ1) is 21.6. The third-order valence-corrected chi connectivity index (χ3v) is 3.39. The normalized spacial score (nSPS) is 9.42. The van der Waals surface area contributed by atoms with E-state index in [0.29, 0.717) is 0 Å². The van der Waals surface area contributed by atoms with Crippen LogP contribution < -0.4 is 24.8 Å². The fourth-order valence-corrected chi connectivity index (χ4v) is 2.43. The molecule has 103 valence electrons. The minimum atomic E-state index is 0. The number of aryl methyl sites for hydroxylation is 3. The van der Waals surface area contributed by atoms with Crippen molar-refractivity contribution in [3.05, 3.63) is 41.0 Å². The SMILES string of the molecule is CCCCCc1ccc(C)c2[cH-]c(C)cc12.[Cl-].[Cl-].[Zr+3]. The monoisotopic (exact) mass is 373 g/mol. The van der Waals surface area contributed by atoms with Crippen molar-refractivity contribution in [2.45, 2.75) is 46.5 Å². The predicted octanol–water partition coefficient (Wildman–Crippen LogP) is -1.09. The van der Waals surface area contributed by atoms with E-state index in [1.165, 1.54) is 53.1 Å².